The zero-order valence-electron chi connectivity index (χ0n) is 17.6. The number of carbonyl (C=O) groups excluding carboxylic acids is 1. The summed E-state index contributed by atoms with van der Waals surface area (Å²) in [5.74, 6) is 0.919. The van der Waals surface area contributed by atoms with Crippen LogP contribution < -0.4 is 21.1 Å². The Kier molecular flexibility index (Phi) is 4.78. The van der Waals surface area contributed by atoms with E-state index < -0.39 is 0 Å². The lowest BCUT2D eigenvalue weighted by molar-refractivity contribution is -0.120. The molecule has 2 aliphatic rings. The molecule has 2 N–H and O–H groups in total. The van der Waals surface area contributed by atoms with E-state index in [1.807, 2.05) is 24.1 Å². The summed E-state index contributed by atoms with van der Waals surface area (Å²) in [4.78, 5) is 42.4. The van der Waals surface area contributed by atoms with E-state index in [1.165, 1.54) is 0 Å². The number of rotatable bonds is 3. The van der Waals surface area contributed by atoms with Gasteiger partial charge in [0.2, 0.25) is 11.9 Å². The first-order chi connectivity index (χ1) is 15.0. The van der Waals surface area contributed by atoms with Crippen molar-refractivity contribution in [3.8, 4) is 0 Å². The van der Waals surface area contributed by atoms with Crippen molar-refractivity contribution in [2.45, 2.75) is 13.0 Å². The number of aromatic nitrogens is 4. The maximum atomic E-state index is 12.9. The van der Waals surface area contributed by atoms with Crippen LogP contribution in [0.25, 0.3) is 10.9 Å². The number of hydrogen-bond acceptors (Lipinski definition) is 8. The molecular formula is C21H24N8O2. The summed E-state index contributed by atoms with van der Waals surface area (Å²) in [6.45, 7) is 3.18. The Hall–Kier alpha value is -3.53. The fourth-order valence-corrected chi connectivity index (χ4v) is 4.23. The zero-order valence-corrected chi connectivity index (χ0v) is 17.6. The van der Waals surface area contributed by atoms with Crippen molar-refractivity contribution in [1.29, 1.82) is 0 Å². The zero-order chi connectivity index (χ0) is 21.5. The standard InChI is InChI=1S/C21H24N8O2/c1-27-7-4-16-14(11-27)9-15(20(31)28(16)2)25-21-24-10-13-3-5-23-19(18(13)26-21)29-8-6-22-17(30)12-29/h3,5,9-10H,4,6-8,11-12H2,1-2H3,(H,22,30)(H,24,25,26). The van der Waals surface area contributed by atoms with Crippen LogP contribution in [0.15, 0.2) is 29.3 Å². The molecule has 5 rings (SSSR count). The fraction of sp³-hybridized carbons (Fsp3) is 0.381. The number of hydrogen-bond donors (Lipinski definition) is 2. The number of amides is 1. The molecule has 1 amide bonds. The van der Waals surface area contributed by atoms with Gasteiger partial charge in [0.1, 0.15) is 11.2 Å². The molecule has 10 heteroatoms. The molecule has 0 unspecified atom stereocenters. The molecule has 0 atom stereocenters. The minimum Gasteiger partial charge on any atom is -0.353 e. The number of nitrogens with zero attached hydrogens (tertiary/aromatic N) is 6. The summed E-state index contributed by atoms with van der Waals surface area (Å²) < 4.78 is 1.71. The molecule has 0 aliphatic carbocycles. The molecular weight excluding hydrogens is 396 g/mol. The van der Waals surface area contributed by atoms with Gasteiger partial charge in [0.05, 0.1) is 6.54 Å². The first kappa shape index (κ1) is 19.4. The van der Waals surface area contributed by atoms with E-state index in [-0.39, 0.29) is 18.0 Å². The molecule has 0 aromatic carbocycles. The molecule has 160 valence electrons. The van der Waals surface area contributed by atoms with E-state index in [9.17, 15) is 9.59 Å². The predicted octanol–water partition coefficient (Wildman–Crippen LogP) is 0.391. The topological polar surface area (TPSA) is 108 Å². The van der Waals surface area contributed by atoms with Crippen molar-refractivity contribution in [1.82, 2.24) is 29.7 Å². The van der Waals surface area contributed by atoms with Crippen LogP contribution in [0.2, 0.25) is 0 Å². The minimum atomic E-state index is -0.105. The third-order valence-electron chi connectivity index (χ3n) is 5.86. The normalized spacial score (nSPS) is 16.8. The lowest BCUT2D eigenvalue weighted by Crippen LogP contribution is -2.48. The summed E-state index contributed by atoms with van der Waals surface area (Å²) in [5, 5.41) is 6.75. The first-order valence-electron chi connectivity index (χ1n) is 10.3. The number of anilines is 3. The van der Waals surface area contributed by atoms with Gasteiger partial charge in [0.25, 0.3) is 5.56 Å². The van der Waals surface area contributed by atoms with Gasteiger partial charge in [-0.3, -0.25) is 9.59 Å². The summed E-state index contributed by atoms with van der Waals surface area (Å²) in [5.41, 5.74) is 3.18. The van der Waals surface area contributed by atoms with Gasteiger partial charge in [-0.2, -0.15) is 0 Å². The van der Waals surface area contributed by atoms with E-state index in [0.717, 1.165) is 36.2 Å². The average molecular weight is 420 g/mol. The maximum Gasteiger partial charge on any atom is 0.274 e. The van der Waals surface area contributed by atoms with E-state index in [1.54, 1.807) is 17.0 Å². The number of pyridine rings is 2. The third kappa shape index (κ3) is 3.59. The fourth-order valence-electron chi connectivity index (χ4n) is 4.23. The van der Waals surface area contributed by atoms with Crippen LogP contribution in [0.3, 0.4) is 0 Å². The SMILES string of the molecule is CN1CCc2c(cc(Nc3ncc4ccnc(N5CCNC(=O)C5)c4n3)c(=O)n2C)C1. The molecule has 31 heavy (non-hydrogen) atoms. The van der Waals surface area contributed by atoms with Crippen molar-refractivity contribution >= 4 is 34.3 Å². The smallest absolute Gasteiger partial charge is 0.274 e. The Morgan fingerprint density at radius 2 is 2.00 bits per heavy atom. The molecule has 0 spiro atoms. The van der Waals surface area contributed by atoms with Crippen molar-refractivity contribution in [3.05, 3.63) is 46.1 Å². The Morgan fingerprint density at radius 3 is 2.84 bits per heavy atom. The quantitative estimate of drug-likeness (QED) is 0.627. The van der Waals surface area contributed by atoms with Gasteiger partial charge in [0, 0.05) is 63.1 Å². The van der Waals surface area contributed by atoms with E-state index in [0.29, 0.717) is 36.1 Å². The first-order valence-corrected chi connectivity index (χ1v) is 10.3. The van der Waals surface area contributed by atoms with Crippen LogP contribution in [0.4, 0.5) is 17.5 Å². The van der Waals surface area contributed by atoms with Crippen molar-refractivity contribution in [2.75, 3.05) is 43.4 Å². The molecule has 3 aromatic rings. The number of carbonyl (C=O) groups is 1. The number of nitrogens with one attached hydrogen (secondary N) is 2. The summed E-state index contributed by atoms with van der Waals surface area (Å²) in [6.07, 6.45) is 4.25. The van der Waals surface area contributed by atoms with Gasteiger partial charge >= 0.3 is 0 Å². The molecule has 5 heterocycles. The van der Waals surface area contributed by atoms with Gasteiger partial charge in [-0.25, -0.2) is 15.0 Å². The van der Waals surface area contributed by atoms with Gasteiger partial charge in [-0.05, 0) is 24.7 Å². The second kappa shape index (κ2) is 7.62. The average Bonchev–Trinajstić information content (AvgIpc) is 2.76. The number of piperazine rings is 1. The molecule has 0 radical (unpaired) electrons. The highest BCUT2D eigenvalue weighted by atomic mass is 16.2. The predicted molar refractivity (Wildman–Crippen MR) is 118 cm³/mol. The van der Waals surface area contributed by atoms with Gasteiger partial charge in [-0.15, -0.1) is 0 Å². The summed E-state index contributed by atoms with van der Waals surface area (Å²) in [7, 11) is 3.88. The lowest BCUT2D eigenvalue weighted by atomic mass is 10.1. The Balaban J connectivity index is 1.52. The molecule has 2 aliphatic heterocycles. The number of likely N-dealkylation sites (N-methyl/N-ethyl adjacent to an activating group) is 1. The van der Waals surface area contributed by atoms with Gasteiger partial charge in [-0.1, -0.05) is 0 Å². The minimum absolute atomic E-state index is 0.0417. The van der Waals surface area contributed by atoms with Crippen LogP contribution in [-0.2, 0) is 24.8 Å². The van der Waals surface area contributed by atoms with Crippen molar-refractivity contribution in [3.63, 3.8) is 0 Å². The lowest BCUT2D eigenvalue weighted by Gasteiger charge is -2.28. The van der Waals surface area contributed by atoms with Gasteiger partial charge in [0.15, 0.2) is 5.82 Å². The summed E-state index contributed by atoms with van der Waals surface area (Å²) in [6, 6.07) is 3.74. The molecule has 10 nitrogen and oxygen atoms in total. The van der Waals surface area contributed by atoms with Crippen LogP contribution in [-0.4, -0.2) is 63.6 Å². The third-order valence-corrected chi connectivity index (χ3v) is 5.86. The van der Waals surface area contributed by atoms with Crippen molar-refractivity contribution < 1.29 is 4.79 Å². The molecule has 3 aromatic heterocycles. The van der Waals surface area contributed by atoms with Crippen LogP contribution >= 0.6 is 0 Å². The van der Waals surface area contributed by atoms with E-state index in [4.69, 9.17) is 0 Å². The second-order valence-corrected chi connectivity index (χ2v) is 8.04. The van der Waals surface area contributed by atoms with Gasteiger partial charge < -0.3 is 25.0 Å². The largest absolute Gasteiger partial charge is 0.353 e. The Labute approximate surface area is 178 Å². The molecule has 1 fully saturated rings. The van der Waals surface area contributed by atoms with Crippen molar-refractivity contribution in [2.24, 2.45) is 7.05 Å². The Morgan fingerprint density at radius 1 is 1.13 bits per heavy atom. The maximum absolute atomic E-state index is 12.9. The highest BCUT2D eigenvalue weighted by molar-refractivity contribution is 5.91. The molecule has 0 saturated carbocycles. The second-order valence-electron chi connectivity index (χ2n) is 8.04. The van der Waals surface area contributed by atoms with Crippen LogP contribution in [0.1, 0.15) is 11.3 Å². The van der Waals surface area contributed by atoms with E-state index in [2.05, 4.69) is 37.5 Å². The molecule has 1 saturated heterocycles. The number of fused-ring (bicyclic) bond motifs is 2. The van der Waals surface area contributed by atoms with E-state index >= 15 is 0 Å². The highest BCUT2D eigenvalue weighted by Crippen LogP contribution is 2.25. The summed E-state index contributed by atoms with van der Waals surface area (Å²) >= 11 is 0. The Bertz CT molecular complexity index is 1240. The monoisotopic (exact) mass is 420 g/mol. The molecule has 0 bridgehead atoms. The van der Waals surface area contributed by atoms with Crippen LogP contribution in [0.5, 0.6) is 0 Å². The highest BCUT2D eigenvalue weighted by Gasteiger charge is 2.22. The van der Waals surface area contributed by atoms with Crippen LogP contribution in [0, 0.1) is 0 Å².